The van der Waals surface area contributed by atoms with Crippen molar-refractivity contribution < 1.29 is 4.74 Å². The first-order valence-corrected chi connectivity index (χ1v) is 4.30. The summed E-state index contributed by atoms with van der Waals surface area (Å²) >= 11 is 0. The van der Waals surface area contributed by atoms with Crippen LogP contribution in [0.3, 0.4) is 0 Å². The van der Waals surface area contributed by atoms with E-state index < -0.39 is 0 Å². The minimum Gasteiger partial charge on any atom is -0.384 e. The summed E-state index contributed by atoms with van der Waals surface area (Å²) in [5, 5.41) is 3.44. The van der Waals surface area contributed by atoms with Gasteiger partial charge in [0.15, 0.2) is 0 Å². The van der Waals surface area contributed by atoms with Crippen molar-refractivity contribution in [1.29, 1.82) is 0 Å². The third kappa shape index (κ3) is 1.74. The van der Waals surface area contributed by atoms with Gasteiger partial charge in [-0.3, -0.25) is 0 Å². The summed E-state index contributed by atoms with van der Waals surface area (Å²) in [6.07, 6.45) is 0. The number of methoxy groups -OCH3 is 1. The molecule has 0 aromatic rings. The van der Waals surface area contributed by atoms with E-state index in [1.54, 1.807) is 7.11 Å². The highest BCUT2D eigenvalue weighted by Gasteiger charge is 2.40. The second-order valence-corrected chi connectivity index (χ2v) is 4.28. The van der Waals surface area contributed by atoms with Crippen molar-refractivity contribution in [2.24, 2.45) is 11.3 Å². The van der Waals surface area contributed by atoms with Gasteiger partial charge in [0.2, 0.25) is 0 Å². The van der Waals surface area contributed by atoms with Gasteiger partial charge in [-0.15, -0.1) is 0 Å². The molecular weight excluding hydrogens is 138 g/mol. The molecule has 11 heavy (non-hydrogen) atoms. The minimum atomic E-state index is 0.470. The highest BCUT2D eigenvalue weighted by atomic mass is 16.5. The molecule has 1 rings (SSSR count). The standard InChI is InChI=1S/C9H19NO/c1-7(5-11-4)8-9(2,3)6-10-8/h7-8,10H,5-6H2,1-4H3. The van der Waals surface area contributed by atoms with Gasteiger partial charge in [0.05, 0.1) is 6.61 Å². The van der Waals surface area contributed by atoms with Crippen LogP contribution in [0, 0.1) is 11.3 Å². The number of hydrogen-bond donors (Lipinski definition) is 1. The molecular formula is C9H19NO. The smallest absolute Gasteiger partial charge is 0.0502 e. The van der Waals surface area contributed by atoms with Crippen LogP contribution in [0.15, 0.2) is 0 Å². The lowest BCUT2D eigenvalue weighted by Crippen LogP contribution is -2.62. The van der Waals surface area contributed by atoms with Crippen LogP contribution < -0.4 is 5.32 Å². The highest BCUT2D eigenvalue weighted by molar-refractivity contribution is 4.98. The van der Waals surface area contributed by atoms with Gasteiger partial charge in [0.25, 0.3) is 0 Å². The molecule has 2 unspecified atom stereocenters. The SMILES string of the molecule is COCC(C)C1NCC1(C)C. The van der Waals surface area contributed by atoms with Crippen LogP contribution in [0.25, 0.3) is 0 Å². The van der Waals surface area contributed by atoms with Crippen LogP contribution >= 0.6 is 0 Å². The van der Waals surface area contributed by atoms with E-state index in [1.807, 2.05) is 0 Å². The van der Waals surface area contributed by atoms with Crippen molar-refractivity contribution in [1.82, 2.24) is 5.32 Å². The third-order valence-corrected chi connectivity index (χ3v) is 2.62. The molecule has 1 N–H and O–H groups in total. The molecule has 0 aromatic carbocycles. The fourth-order valence-corrected chi connectivity index (χ4v) is 1.96. The average molecular weight is 157 g/mol. The Balaban J connectivity index is 2.36. The lowest BCUT2D eigenvalue weighted by molar-refractivity contribution is 0.0392. The summed E-state index contributed by atoms with van der Waals surface area (Å²) in [4.78, 5) is 0. The molecule has 2 heteroatoms. The van der Waals surface area contributed by atoms with Crippen LogP contribution in [0.1, 0.15) is 20.8 Å². The molecule has 2 nitrogen and oxygen atoms in total. The topological polar surface area (TPSA) is 21.3 Å². The Bertz CT molecular complexity index is 134. The van der Waals surface area contributed by atoms with Gasteiger partial charge in [0, 0.05) is 19.7 Å². The minimum absolute atomic E-state index is 0.470. The van der Waals surface area contributed by atoms with Crippen molar-refractivity contribution >= 4 is 0 Å². The Morgan fingerprint density at radius 2 is 2.27 bits per heavy atom. The Morgan fingerprint density at radius 1 is 1.64 bits per heavy atom. The molecule has 1 aliphatic heterocycles. The number of ether oxygens (including phenoxy) is 1. The second kappa shape index (κ2) is 3.11. The number of rotatable bonds is 3. The van der Waals surface area contributed by atoms with Crippen LogP contribution in [-0.4, -0.2) is 26.3 Å². The average Bonchev–Trinajstić information content (AvgIpc) is 1.86. The molecule has 1 aliphatic rings. The monoisotopic (exact) mass is 157 g/mol. The van der Waals surface area contributed by atoms with E-state index in [0.29, 0.717) is 17.4 Å². The molecule has 0 aliphatic carbocycles. The summed E-state index contributed by atoms with van der Waals surface area (Å²) in [6, 6.07) is 0.641. The van der Waals surface area contributed by atoms with Gasteiger partial charge >= 0.3 is 0 Å². The maximum absolute atomic E-state index is 5.11. The quantitative estimate of drug-likeness (QED) is 0.666. The van der Waals surface area contributed by atoms with Gasteiger partial charge in [0.1, 0.15) is 0 Å². The van der Waals surface area contributed by atoms with E-state index >= 15 is 0 Å². The van der Waals surface area contributed by atoms with E-state index in [-0.39, 0.29) is 0 Å². The van der Waals surface area contributed by atoms with Crippen molar-refractivity contribution in [2.75, 3.05) is 20.3 Å². The summed E-state index contributed by atoms with van der Waals surface area (Å²) in [5.41, 5.74) is 0.470. The van der Waals surface area contributed by atoms with Gasteiger partial charge in [-0.2, -0.15) is 0 Å². The number of nitrogens with one attached hydrogen (secondary N) is 1. The zero-order valence-electron chi connectivity index (χ0n) is 7.98. The first-order chi connectivity index (χ1) is 5.08. The molecule has 66 valence electrons. The van der Waals surface area contributed by atoms with E-state index in [4.69, 9.17) is 4.74 Å². The molecule has 0 radical (unpaired) electrons. The van der Waals surface area contributed by atoms with Crippen LogP contribution in [-0.2, 0) is 4.74 Å². The summed E-state index contributed by atoms with van der Waals surface area (Å²) in [6.45, 7) is 8.86. The predicted octanol–water partition coefficient (Wildman–Crippen LogP) is 1.27. The van der Waals surface area contributed by atoms with E-state index in [1.165, 1.54) is 0 Å². The predicted molar refractivity (Wildman–Crippen MR) is 46.6 cm³/mol. The summed E-state index contributed by atoms with van der Waals surface area (Å²) < 4.78 is 5.11. The Morgan fingerprint density at radius 3 is 2.55 bits per heavy atom. The van der Waals surface area contributed by atoms with Crippen molar-refractivity contribution in [3.8, 4) is 0 Å². The zero-order valence-corrected chi connectivity index (χ0v) is 7.98. The van der Waals surface area contributed by atoms with E-state index in [0.717, 1.165) is 13.2 Å². The molecule has 1 heterocycles. The van der Waals surface area contributed by atoms with E-state index in [9.17, 15) is 0 Å². The fraction of sp³-hybridized carbons (Fsp3) is 1.00. The molecule has 1 fully saturated rings. The van der Waals surface area contributed by atoms with Gasteiger partial charge in [-0.25, -0.2) is 0 Å². The van der Waals surface area contributed by atoms with E-state index in [2.05, 4.69) is 26.1 Å². The van der Waals surface area contributed by atoms with Crippen molar-refractivity contribution in [3.63, 3.8) is 0 Å². The second-order valence-electron chi connectivity index (χ2n) is 4.28. The Kier molecular flexibility index (Phi) is 2.55. The molecule has 1 saturated heterocycles. The Hall–Kier alpha value is -0.0800. The van der Waals surface area contributed by atoms with Crippen molar-refractivity contribution in [2.45, 2.75) is 26.8 Å². The fourth-order valence-electron chi connectivity index (χ4n) is 1.96. The van der Waals surface area contributed by atoms with Gasteiger partial charge in [-0.05, 0) is 11.3 Å². The van der Waals surface area contributed by atoms with Crippen LogP contribution in [0.2, 0.25) is 0 Å². The van der Waals surface area contributed by atoms with Crippen molar-refractivity contribution in [3.05, 3.63) is 0 Å². The summed E-state index contributed by atoms with van der Waals surface area (Å²) in [7, 11) is 1.77. The lowest BCUT2D eigenvalue weighted by Gasteiger charge is -2.48. The van der Waals surface area contributed by atoms with Gasteiger partial charge < -0.3 is 10.1 Å². The lowest BCUT2D eigenvalue weighted by atomic mass is 9.72. The largest absolute Gasteiger partial charge is 0.384 e. The number of hydrogen-bond acceptors (Lipinski definition) is 2. The first kappa shape index (κ1) is 9.01. The zero-order chi connectivity index (χ0) is 8.48. The Labute approximate surface area is 69.3 Å². The molecule has 0 spiro atoms. The molecule has 2 atom stereocenters. The molecule has 0 saturated carbocycles. The maximum Gasteiger partial charge on any atom is 0.0502 e. The molecule has 0 aromatic heterocycles. The molecule has 0 bridgehead atoms. The summed E-state index contributed by atoms with van der Waals surface area (Å²) in [5.74, 6) is 0.628. The van der Waals surface area contributed by atoms with Crippen LogP contribution in [0.5, 0.6) is 0 Å². The third-order valence-electron chi connectivity index (χ3n) is 2.62. The highest BCUT2D eigenvalue weighted by Crippen LogP contribution is 2.32. The van der Waals surface area contributed by atoms with Crippen LogP contribution in [0.4, 0.5) is 0 Å². The maximum atomic E-state index is 5.11. The first-order valence-electron chi connectivity index (χ1n) is 4.30. The molecule has 0 amide bonds. The normalized spacial score (nSPS) is 31.1. The van der Waals surface area contributed by atoms with Gasteiger partial charge in [-0.1, -0.05) is 20.8 Å².